The fourth-order valence-corrected chi connectivity index (χ4v) is 6.90. The van der Waals surface area contributed by atoms with E-state index in [9.17, 15) is 9.90 Å². The number of ether oxygens (including phenoxy) is 1. The van der Waals surface area contributed by atoms with Gasteiger partial charge in [0.05, 0.1) is 12.5 Å². The molecule has 1 aromatic heterocycles. The second-order valence-electron chi connectivity index (χ2n) is 8.79. The molecular weight excluding hydrogens is 384 g/mol. The molecule has 2 unspecified atom stereocenters. The average Bonchev–Trinajstić information content (AvgIpc) is 3.33. The maximum Gasteiger partial charge on any atom is 0.225 e. The molecule has 0 saturated carbocycles. The van der Waals surface area contributed by atoms with Gasteiger partial charge in [0.1, 0.15) is 6.10 Å². The van der Waals surface area contributed by atoms with Crippen LogP contribution < -0.4 is 10.1 Å². The van der Waals surface area contributed by atoms with Gasteiger partial charge in [-0.05, 0) is 49.5 Å². The van der Waals surface area contributed by atoms with Gasteiger partial charge >= 0.3 is 0 Å². The molecule has 2 aliphatic heterocycles. The highest BCUT2D eigenvalue weighted by molar-refractivity contribution is 7.10. The van der Waals surface area contributed by atoms with Gasteiger partial charge in [-0.2, -0.15) is 0 Å². The minimum absolute atomic E-state index is 0.0150. The van der Waals surface area contributed by atoms with Crippen LogP contribution >= 0.6 is 11.3 Å². The van der Waals surface area contributed by atoms with Crippen LogP contribution in [0.25, 0.3) is 0 Å². The third-order valence-corrected chi connectivity index (χ3v) is 8.29. The number of nitrogens with one attached hydrogen (secondary N) is 1. The van der Waals surface area contributed by atoms with Crippen molar-refractivity contribution in [3.8, 4) is 11.5 Å². The van der Waals surface area contributed by atoms with Crippen LogP contribution in [0.15, 0.2) is 41.8 Å². The zero-order valence-electron chi connectivity index (χ0n) is 16.3. The normalized spacial score (nSPS) is 33.8. The molecule has 6 heteroatoms. The molecular formula is C23H24N2O3S. The topological polar surface area (TPSA) is 61.8 Å². The number of thiophene rings is 1. The molecule has 1 spiro atoms. The van der Waals surface area contributed by atoms with E-state index < -0.39 is 0 Å². The van der Waals surface area contributed by atoms with E-state index in [4.69, 9.17) is 4.74 Å². The van der Waals surface area contributed by atoms with Gasteiger partial charge in [0.15, 0.2) is 11.5 Å². The fourth-order valence-electron chi connectivity index (χ4n) is 6.20. The average molecular weight is 409 g/mol. The van der Waals surface area contributed by atoms with Crippen molar-refractivity contribution in [2.75, 3.05) is 13.6 Å². The molecule has 0 radical (unpaired) electrons. The zero-order chi connectivity index (χ0) is 19.8. The van der Waals surface area contributed by atoms with Gasteiger partial charge < -0.3 is 20.1 Å². The van der Waals surface area contributed by atoms with Crippen LogP contribution in [-0.2, 0) is 23.1 Å². The number of amides is 1. The van der Waals surface area contributed by atoms with Crippen LogP contribution in [0.1, 0.15) is 22.4 Å². The summed E-state index contributed by atoms with van der Waals surface area (Å²) in [5.41, 5.74) is 2.31. The highest BCUT2D eigenvalue weighted by atomic mass is 32.1. The van der Waals surface area contributed by atoms with Gasteiger partial charge in [0, 0.05) is 27.8 Å². The van der Waals surface area contributed by atoms with Gasteiger partial charge in [-0.3, -0.25) is 4.79 Å². The Labute approximate surface area is 174 Å². The number of phenols is 1. The molecule has 2 N–H and O–H groups in total. The second kappa shape index (κ2) is 6.09. The van der Waals surface area contributed by atoms with Crippen molar-refractivity contribution in [1.29, 1.82) is 0 Å². The first-order valence-electron chi connectivity index (χ1n) is 10.3. The maximum atomic E-state index is 12.7. The largest absolute Gasteiger partial charge is 0.504 e. The van der Waals surface area contributed by atoms with Crippen molar-refractivity contribution in [2.45, 2.75) is 42.9 Å². The number of rotatable bonds is 3. The fraction of sp³-hybridized carbons (Fsp3) is 0.435. The standard InChI is InChI=1S/C23H24N2O3S/c1-25-9-8-23-15-5-6-16(24-19(27)12-14-3-2-10-29-14)22(23)28-21-18(26)7-4-13(20(21)23)11-17(15)25/h2-7,10,15-17,22,26H,8-9,11-12H2,1H3,(H,24,27)/t15?,16-,17-,22?,23+/m1/s1. The van der Waals surface area contributed by atoms with E-state index in [1.165, 1.54) is 11.1 Å². The van der Waals surface area contributed by atoms with E-state index in [2.05, 4.69) is 35.5 Å². The Balaban J connectivity index is 1.40. The summed E-state index contributed by atoms with van der Waals surface area (Å²) in [4.78, 5) is 16.3. The zero-order valence-corrected chi connectivity index (χ0v) is 17.1. The first kappa shape index (κ1) is 17.5. The van der Waals surface area contributed by atoms with E-state index in [0.29, 0.717) is 24.1 Å². The van der Waals surface area contributed by atoms with Crippen molar-refractivity contribution in [2.24, 2.45) is 5.92 Å². The monoisotopic (exact) mass is 408 g/mol. The van der Waals surface area contributed by atoms with Crippen LogP contribution in [0.2, 0.25) is 0 Å². The van der Waals surface area contributed by atoms with Crippen molar-refractivity contribution in [1.82, 2.24) is 10.2 Å². The van der Waals surface area contributed by atoms with Crippen LogP contribution in [0.5, 0.6) is 11.5 Å². The van der Waals surface area contributed by atoms with Crippen molar-refractivity contribution in [3.05, 3.63) is 57.8 Å². The minimum Gasteiger partial charge on any atom is -0.504 e. The molecule has 2 aliphatic carbocycles. The van der Waals surface area contributed by atoms with E-state index in [-0.39, 0.29) is 29.2 Å². The molecule has 1 aromatic carbocycles. The summed E-state index contributed by atoms with van der Waals surface area (Å²) in [7, 11) is 2.21. The van der Waals surface area contributed by atoms with Crippen LogP contribution in [0.3, 0.4) is 0 Å². The smallest absolute Gasteiger partial charge is 0.225 e. The SMILES string of the molecule is CN1CC[C@]23c4c5ccc(O)c4OC2[C@H](NC(=O)Cc2cccs2)C=CC3[C@H]1C5. The number of carbonyl (C=O) groups is 1. The summed E-state index contributed by atoms with van der Waals surface area (Å²) >= 11 is 1.60. The van der Waals surface area contributed by atoms with E-state index in [1.807, 2.05) is 17.5 Å². The first-order chi connectivity index (χ1) is 14.1. The lowest BCUT2D eigenvalue weighted by Crippen LogP contribution is -2.66. The Morgan fingerprint density at radius 1 is 1.38 bits per heavy atom. The van der Waals surface area contributed by atoms with Crippen molar-refractivity contribution in [3.63, 3.8) is 0 Å². The lowest BCUT2D eigenvalue weighted by atomic mass is 9.53. The van der Waals surface area contributed by atoms with E-state index in [0.717, 1.165) is 24.3 Å². The molecule has 1 amide bonds. The third kappa shape index (κ3) is 2.33. The molecule has 4 aliphatic rings. The number of likely N-dealkylation sites (tertiary alicyclic amines) is 1. The van der Waals surface area contributed by atoms with E-state index in [1.54, 1.807) is 17.4 Å². The summed E-state index contributed by atoms with van der Waals surface area (Å²) < 4.78 is 6.46. The van der Waals surface area contributed by atoms with Gasteiger partial charge in [0.2, 0.25) is 5.91 Å². The van der Waals surface area contributed by atoms with Gasteiger partial charge in [-0.25, -0.2) is 0 Å². The second-order valence-corrected chi connectivity index (χ2v) is 9.82. The molecule has 5 atom stereocenters. The number of nitrogens with zero attached hydrogens (tertiary/aromatic N) is 1. The lowest BCUT2D eigenvalue weighted by Gasteiger charge is -2.57. The Bertz CT molecular complexity index is 1020. The minimum atomic E-state index is -0.194. The Morgan fingerprint density at radius 2 is 2.28 bits per heavy atom. The molecule has 2 aromatic rings. The number of carbonyl (C=O) groups excluding carboxylic acids is 1. The number of phenolic OH excluding ortho intramolecular Hbond substituents is 1. The predicted molar refractivity (Wildman–Crippen MR) is 112 cm³/mol. The number of likely N-dealkylation sites (N-methyl/N-ethyl adjacent to an activating group) is 1. The summed E-state index contributed by atoms with van der Waals surface area (Å²) in [5.74, 6) is 1.21. The number of aromatic hydroxyl groups is 1. The molecule has 6 rings (SSSR count). The molecule has 1 fully saturated rings. The Morgan fingerprint density at radius 3 is 3.10 bits per heavy atom. The summed E-state index contributed by atoms with van der Waals surface area (Å²) in [6.07, 6.45) is 6.59. The number of benzene rings is 1. The Kier molecular flexibility index (Phi) is 3.69. The lowest BCUT2D eigenvalue weighted by molar-refractivity contribution is -0.122. The predicted octanol–water partition coefficient (Wildman–Crippen LogP) is 2.63. The number of piperidine rings is 1. The molecule has 3 heterocycles. The molecule has 5 nitrogen and oxygen atoms in total. The van der Waals surface area contributed by atoms with E-state index >= 15 is 0 Å². The van der Waals surface area contributed by atoms with Gasteiger partial charge in [0.25, 0.3) is 0 Å². The van der Waals surface area contributed by atoms with Crippen LogP contribution in [0.4, 0.5) is 0 Å². The highest BCUT2D eigenvalue weighted by Crippen LogP contribution is 2.62. The molecule has 150 valence electrons. The molecule has 29 heavy (non-hydrogen) atoms. The van der Waals surface area contributed by atoms with Gasteiger partial charge in [-0.15, -0.1) is 11.3 Å². The number of hydrogen-bond donors (Lipinski definition) is 2. The van der Waals surface area contributed by atoms with Crippen molar-refractivity contribution < 1.29 is 14.6 Å². The summed E-state index contributed by atoms with van der Waals surface area (Å²) in [6.45, 7) is 0.999. The third-order valence-electron chi connectivity index (χ3n) is 7.42. The Hall–Kier alpha value is -2.31. The van der Waals surface area contributed by atoms with Crippen LogP contribution in [0, 0.1) is 5.92 Å². The van der Waals surface area contributed by atoms with Crippen molar-refractivity contribution >= 4 is 17.2 Å². The summed E-state index contributed by atoms with van der Waals surface area (Å²) in [5, 5.41) is 15.8. The maximum absolute atomic E-state index is 12.7. The quantitative estimate of drug-likeness (QED) is 0.767. The first-order valence-corrected chi connectivity index (χ1v) is 11.2. The summed E-state index contributed by atoms with van der Waals surface area (Å²) in [6, 6.07) is 8.02. The molecule has 2 bridgehead atoms. The molecule has 1 saturated heterocycles. The highest BCUT2D eigenvalue weighted by Gasteiger charge is 2.64. The number of hydrogen-bond acceptors (Lipinski definition) is 5. The van der Waals surface area contributed by atoms with Gasteiger partial charge in [-0.1, -0.05) is 24.3 Å². The van der Waals surface area contributed by atoms with Crippen LogP contribution in [-0.4, -0.2) is 47.7 Å².